The monoisotopic (exact) mass is 361 g/mol. The summed E-state index contributed by atoms with van der Waals surface area (Å²) < 4.78 is 43.4. The summed E-state index contributed by atoms with van der Waals surface area (Å²) in [4.78, 5) is 26.5. The predicted octanol–water partition coefficient (Wildman–Crippen LogP) is 1.63. The highest BCUT2D eigenvalue weighted by Crippen LogP contribution is 2.20. The molecule has 2 rings (SSSR count). The molecule has 0 aromatic carbocycles. The molecule has 2 heterocycles. The lowest BCUT2D eigenvalue weighted by atomic mass is 9.96. The van der Waals surface area contributed by atoms with Crippen LogP contribution in [0.1, 0.15) is 18.6 Å². The molecule has 1 fully saturated rings. The Morgan fingerprint density at radius 1 is 1.36 bits per heavy atom. The molecule has 0 atom stereocenters. The number of furan rings is 1. The Hall–Kier alpha value is -2.03. The van der Waals surface area contributed by atoms with Crippen LogP contribution in [0.25, 0.3) is 0 Å². The zero-order valence-corrected chi connectivity index (χ0v) is 14.0. The maximum absolute atomic E-state index is 12.8. The SMILES string of the molecule is CNC(=O)C1CCN(CC(=O)N(Cc2ccco2)CC(F)(F)F)CC1. The summed E-state index contributed by atoms with van der Waals surface area (Å²) in [5.41, 5.74) is 0. The maximum atomic E-state index is 12.8. The van der Waals surface area contributed by atoms with Crippen molar-refractivity contribution in [3.63, 3.8) is 0 Å². The Labute approximate surface area is 143 Å². The molecule has 1 aromatic rings. The van der Waals surface area contributed by atoms with Gasteiger partial charge in [0, 0.05) is 13.0 Å². The molecule has 0 bridgehead atoms. The second-order valence-electron chi connectivity index (χ2n) is 6.11. The molecule has 0 unspecified atom stereocenters. The number of hydrogen-bond donors (Lipinski definition) is 1. The van der Waals surface area contributed by atoms with Crippen LogP contribution in [-0.4, -0.2) is 61.0 Å². The molecule has 1 aliphatic heterocycles. The summed E-state index contributed by atoms with van der Waals surface area (Å²) in [6.07, 6.45) is -1.95. The van der Waals surface area contributed by atoms with Gasteiger partial charge in [-0.25, -0.2) is 0 Å². The molecule has 1 aromatic heterocycles. The Balaban J connectivity index is 1.92. The van der Waals surface area contributed by atoms with E-state index in [4.69, 9.17) is 4.42 Å². The first kappa shape index (κ1) is 19.3. The average molecular weight is 361 g/mol. The van der Waals surface area contributed by atoms with Crippen molar-refractivity contribution in [3.05, 3.63) is 24.2 Å². The third kappa shape index (κ3) is 6.08. The van der Waals surface area contributed by atoms with Gasteiger partial charge in [0.1, 0.15) is 12.3 Å². The Bertz CT molecular complexity index is 567. The minimum Gasteiger partial charge on any atom is -0.467 e. The van der Waals surface area contributed by atoms with Crippen LogP contribution in [0.3, 0.4) is 0 Å². The standard InChI is InChI=1S/C16H22F3N3O3/c1-20-15(24)12-4-6-21(7-5-12)10-14(23)22(11-16(17,18)19)9-13-3-2-8-25-13/h2-3,8,12H,4-7,9-11H2,1H3,(H,20,24). The van der Waals surface area contributed by atoms with E-state index in [1.807, 2.05) is 0 Å². The predicted molar refractivity (Wildman–Crippen MR) is 83.4 cm³/mol. The highest BCUT2D eigenvalue weighted by Gasteiger charge is 2.34. The Kier molecular flexibility index (Phi) is 6.46. The summed E-state index contributed by atoms with van der Waals surface area (Å²) >= 11 is 0. The lowest BCUT2D eigenvalue weighted by Crippen LogP contribution is -2.47. The summed E-state index contributed by atoms with van der Waals surface area (Å²) in [6.45, 7) is -0.632. The third-order valence-electron chi connectivity index (χ3n) is 4.21. The molecule has 0 radical (unpaired) electrons. The number of likely N-dealkylation sites (tertiary alicyclic amines) is 1. The first-order valence-electron chi connectivity index (χ1n) is 8.09. The molecule has 1 N–H and O–H groups in total. The van der Waals surface area contributed by atoms with E-state index in [1.165, 1.54) is 12.3 Å². The fourth-order valence-electron chi connectivity index (χ4n) is 2.89. The van der Waals surface area contributed by atoms with Gasteiger partial charge in [-0.3, -0.25) is 14.5 Å². The number of amides is 2. The topological polar surface area (TPSA) is 65.8 Å². The van der Waals surface area contributed by atoms with Gasteiger partial charge in [-0.1, -0.05) is 0 Å². The van der Waals surface area contributed by atoms with Gasteiger partial charge in [0.15, 0.2) is 0 Å². The fraction of sp³-hybridized carbons (Fsp3) is 0.625. The van der Waals surface area contributed by atoms with Gasteiger partial charge < -0.3 is 14.6 Å². The second kappa shape index (κ2) is 8.37. The first-order valence-corrected chi connectivity index (χ1v) is 8.09. The van der Waals surface area contributed by atoms with Gasteiger partial charge in [-0.05, 0) is 38.1 Å². The number of piperidine rings is 1. The van der Waals surface area contributed by atoms with Crippen LogP contribution in [0.15, 0.2) is 22.8 Å². The van der Waals surface area contributed by atoms with Crippen molar-refractivity contribution in [1.29, 1.82) is 0 Å². The quantitative estimate of drug-likeness (QED) is 0.836. The van der Waals surface area contributed by atoms with Crippen LogP contribution in [0.2, 0.25) is 0 Å². The van der Waals surface area contributed by atoms with Gasteiger partial charge in [-0.15, -0.1) is 0 Å². The molecule has 140 valence electrons. The molecule has 6 nitrogen and oxygen atoms in total. The van der Waals surface area contributed by atoms with E-state index in [0.29, 0.717) is 31.7 Å². The molecule has 1 saturated heterocycles. The number of rotatable bonds is 6. The highest BCUT2D eigenvalue weighted by molar-refractivity contribution is 5.79. The molecule has 0 spiro atoms. The summed E-state index contributed by atoms with van der Waals surface area (Å²) in [5, 5.41) is 2.59. The van der Waals surface area contributed by atoms with Crippen LogP contribution in [0, 0.1) is 5.92 Å². The lowest BCUT2D eigenvalue weighted by molar-refractivity contribution is -0.163. The summed E-state index contributed by atoms with van der Waals surface area (Å²) in [5.74, 6) is -0.448. The van der Waals surface area contributed by atoms with Crippen molar-refractivity contribution in [3.8, 4) is 0 Å². The van der Waals surface area contributed by atoms with Crippen LogP contribution in [0.4, 0.5) is 13.2 Å². The number of carbonyl (C=O) groups is 2. The minimum atomic E-state index is -4.48. The fourth-order valence-corrected chi connectivity index (χ4v) is 2.89. The van der Waals surface area contributed by atoms with E-state index in [9.17, 15) is 22.8 Å². The second-order valence-corrected chi connectivity index (χ2v) is 6.11. The van der Waals surface area contributed by atoms with Gasteiger partial charge >= 0.3 is 6.18 Å². The van der Waals surface area contributed by atoms with E-state index in [0.717, 1.165) is 4.90 Å². The third-order valence-corrected chi connectivity index (χ3v) is 4.21. The Morgan fingerprint density at radius 3 is 2.56 bits per heavy atom. The number of hydrogen-bond acceptors (Lipinski definition) is 4. The number of nitrogens with one attached hydrogen (secondary N) is 1. The van der Waals surface area contributed by atoms with E-state index in [2.05, 4.69) is 5.32 Å². The molecule has 1 aliphatic rings. The normalized spacial score (nSPS) is 16.6. The molecule has 0 aliphatic carbocycles. The van der Waals surface area contributed by atoms with E-state index >= 15 is 0 Å². The summed E-state index contributed by atoms with van der Waals surface area (Å²) in [7, 11) is 1.57. The number of halogens is 3. The van der Waals surface area contributed by atoms with Gasteiger partial charge in [0.2, 0.25) is 11.8 Å². The van der Waals surface area contributed by atoms with Crippen LogP contribution in [-0.2, 0) is 16.1 Å². The molecule has 25 heavy (non-hydrogen) atoms. The molecular weight excluding hydrogens is 339 g/mol. The Morgan fingerprint density at radius 2 is 2.04 bits per heavy atom. The van der Waals surface area contributed by atoms with E-state index in [1.54, 1.807) is 18.0 Å². The lowest BCUT2D eigenvalue weighted by Gasteiger charge is -2.32. The largest absolute Gasteiger partial charge is 0.467 e. The van der Waals surface area contributed by atoms with Crippen molar-refractivity contribution >= 4 is 11.8 Å². The van der Waals surface area contributed by atoms with E-state index in [-0.39, 0.29) is 24.9 Å². The van der Waals surface area contributed by atoms with Crippen molar-refractivity contribution in [1.82, 2.24) is 15.1 Å². The highest BCUT2D eigenvalue weighted by atomic mass is 19.4. The zero-order valence-electron chi connectivity index (χ0n) is 14.0. The van der Waals surface area contributed by atoms with Crippen molar-refractivity contribution in [2.24, 2.45) is 5.92 Å². The maximum Gasteiger partial charge on any atom is 0.406 e. The number of nitrogens with zero attached hydrogens (tertiary/aromatic N) is 2. The zero-order chi connectivity index (χ0) is 18.4. The molecular formula is C16H22F3N3O3. The summed E-state index contributed by atoms with van der Waals surface area (Å²) in [6, 6.07) is 3.10. The van der Waals surface area contributed by atoms with Crippen LogP contribution >= 0.6 is 0 Å². The van der Waals surface area contributed by atoms with Crippen molar-refractivity contribution < 1.29 is 27.2 Å². The van der Waals surface area contributed by atoms with Gasteiger partial charge in [0.05, 0.1) is 19.4 Å². The molecule has 0 saturated carbocycles. The van der Waals surface area contributed by atoms with E-state index < -0.39 is 18.6 Å². The first-order chi connectivity index (χ1) is 11.8. The van der Waals surface area contributed by atoms with Crippen molar-refractivity contribution in [2.45, 2.75) is 25.6 Å². The smallest absolute Gasteiger partial charge is 0.406 e. The van der Waals surface area contributed by atoms with Crippen LogP contribution in [0.5, 0.6) is 0 Å². The number of alkyl halides is 3. The van der Waals surface area contributed by atoms with Crippen molar-refractivity contribution in [2.75, 3.05) is 33.2 Å². The average Bonchev–Trinajstić information content (AvgIpc) is 3.06. The molecule has 2 amide bonds. The van der Waals surface area contributed by atoms with Crippen LogP contribution < -0.4 is 5.32 Å². The van der Waals surface area contributed by atoms with Gasteiger partial charge in [0.25, 0.3) is 0 Å². The van der Waals surface area contributed by atoms with Gasteiger partial charge in [-0.2, -0.15) is 13.2 Å². The molecule has 9 heteroatoms. The number of carbonyl (C=O) groups excluding carboxylic acids is 2. The minimum absolute atomic E-state index is 0.0394.